The number of benzene rings is 1. The molecule has 0 aliphatic carbocycles. The average molecular weight is 194 g/mol. The molecule has 0 aromatic heterocycles. The van der Waals surface area contributed by atoms with Gasteiger partial charge in [-0.1, -0.05) is 18.2 Å². The second-order valence-electron chi connectivity index (χ2n) is 3.28. The van der Waals surface area contributed by atoms with Crippen LogP contribution in [0.5, 0.6) is 0 Å². The molecule has 0 spiro atoms. The molecule has 5 N–H and O–H groups in total. The standard InChI is InChI=1S/C10H14N2O2/c1-6-3-2-4-7(10(6)12)8(11)5-9(13)14/h2-4,8H,5,11-12H2,1H3,(H,13,14). The fourth-order valence-corrected chi connectivity index (χ4v) is 1.32. The molecule has 76 valence electrons. The van der Waals surface area contributed by atoms with Gasteiger partial charge in [0.2, 0.25) is 0 Å². The Labute approximate surface area is 82.5 Å². The summed E-state index contributed by atoms with van der Waals surface area (Å²) < 4.78 is 0. The third-order valence-electron chi connectivity index (χ3n) is 2.15. The Hall–Kier alpha value is -1.55. The van der Waals surface area contributed by atoms with Crippen LogP contribution >= 0.6 is 0 Å². The Morgan fingerprint density at radius 2 is 2.21 bits per heavy atom. The largest absolute Gasteiger partial charge is 0.481 e. The monoisotopic (exact) mass is 194 g/mol. The van der Waals surface area contributed by atoms with Gasteiger partial charge in [-0.2, -0.15) is 0 Å². The van der Waals surface area contributed by atoms with Gasteiger partial charge in [0, 0.05) is 11.7 Å². The van der Waals surface area contributed by atoms with Gasteiger partial charge in [0.25, 0.3) is 0 Å². The van der Waals surface area contributed by atoms with E-state index in [0.717, 1.165) is 5.56 Å². The number of aryl methyl sites for hydroxylation is 1. The molecule has 1 aromatic rings. The van der Waals surface area contributed by atoms with Crippen LogP contribution in [0.4, 0.5) is 5.69 Å². The molecule has 0 saturated heterocycles. The molecule has 0 radical (unpaired) electrons. The minimum Gasteiger partial charge on any atom is -0.481 e. The number of hydrogen-bond acceptors (Lipinski definition) is 3. The molecule has 4 heteroatoms. The topological polar surface area (TPSA) is 89.3 Å². The second kappa shape index (κ2) is 4.11. The number of anilines is 1. The molecule has 4 nitrogen and oxygen atoms in total. The first kappa shape index (κ1) is 10.5. The zero-order valence-electron chi connectivity index (χ0n) is 8.03. The number of hydrogen-bond donors (Lipinski definition) is 3. The van der Waals surface area contributed by atoms with Gasteiger partial charge in [-0.25, -0.2) is 0 Å². The van der Waals surface area contributed by atoms with Crippen LogP contribution in [-0.2, 0) is 4.79 Å². The molecule has 0 saturated carbocycles. The van der Waals surface area contributed by atoms with Crippen molar-refractivity contribution in [2.75, 3.05) is 5.73 Å². The first-order valence-electron chi connectivity index (χ1n) is 4.34. The van der Waals surface area contributed by atoms with Crippen molar-refractivity contribution in [1.82, 2.24) is 0 Å². The van der Waals surface area contributed by atoms with Crippen LogP contribution in [0.1, 0.15) is 23.6 Å². The van der Waals surface area contributed by atoms with Crippen molar-refractivity contribution in [2.24, 2.45) is 5.73 Å². The van der Waals surface area contributed by atoms with E-state index in [0.29, 0.717) is 11.3 Å². The highest BCUT2D eigenvalue weighted by Gasteiger charge is 2.13. The summed E-state index contributed by atoms with van der Waals surface area (Å²) >= 11 is 0. The van der Waals surface area contributed by atoms with E-state index in [1.165, 1.54) is 0 Å². The minimum atomic E-state index is -0.918. The van der Waals surface area contributed by atoms with Crippen molar-refractivity contribution in [1.29, 1.82) is 0 Å². The molecular formula is C10H14N2O2. The van der Waals surface area contributed by atoms with Crippen LogP contribution in [0.25, 0.3) is 0 Å². The fourth-order valence-electron chi connectivity index (χ4n) is 1.32. The van der Waals surface area contributed by atoms with Gasteiger partial charge in [0.1, 0.15) is 0 Å². The van der Waals surface area contributed by atoms with E-state index in [2.05, 4.69) is 0 Å². The van der Waals surface area contributed by atoms with Crippen LogP contribution < -0.4 is 11.5 Å². The summed E-state index contributed by atoms with van der Waals surface area (Å²) in [4.78, 5) is 10.5. The van der Waals surface area contributed by atoms with Gasteiger partial charge >= 0.3 is 5.97 Å². The van der Waals surface area contributed by atoms with Crippen molar-refractivity contribution >= 4 is 11.7 Å². The Balaban J connectivity index is 2.95. The van der Waals surface area contributed by atoms with Crippen molar-refractivity contribution in [3.63, 3.8) is 0 Å². The highest BCUT2D eigenvalue weighted by molar-refractivity contribution is 5.69. The summed E-state index contributed by atoms with van der Waals surface area (Å²) in [5.41, 5.74) is 13.7. The normalized spacial score (nSPS) is 12.4. The number of carboxylic acid groups (broad SMARTS) is 1. The summed E-state index contributed by atoms with van der Waals surface area (Å²) in [5.74, 6) is -0.918. The molecule has 1 atom stereocenters. The lowest BCUT2D eigenvalue weighted by atomic mass is 10.00. The number of nitrogens with two attached hydrogens (primary N) is 2. The van der Waals surface area contributed by atoms with Crippen LogP contribution in [0.15, 0.2) is 18.2 Å². The first-order chi connectivity index (χ1) is 6.52. The summed E-state index contributed by atoms with van der Waals surface area (Å²) in [6, 6.07) is 4.91. The van der Waals surface area contributed by atoms with E-state index in [1.54, 1.807) is 6.07 Å². The highest BCUT2D eigenvalue weighted by Crippen LogP contribution is 2.23. The molecule has 0 heterocycles. The molecule has 1 aromatic carbocycles. The van der Waals surface area contributed by atoms with Gasteiger partial charge < -0.3 is 16.6 Å². The SMILES string of the molecule is Cc1cccc(C(N)CC(=O)O)c1N. The van der Waals surface area contributed by atoms with E-state index >= 15 is 0 Å². The first-order valence-corrected chi connectivity index (χ1v) is 4.34. The van der Waals surface area contributed by atoms with Gasteiger partial charge in [-0.15, -0.1) is 0 Å². The molecule has 0 amide bonds. The average Bonchev–Trinajstić information content (AvgIpc) is 2.08. The third kappa shape index (κ3) is 2.23. The van der Waals surface area contributed by atoms with Gasteiger partial charge in [0.05, 0.1) is 6.42 Å². The smallest absolute Gasteiger partial charge is 0.305 e. The maximum atomic E-state index is 10.5. The van der Waals surface area contributed by atoms with Crippen LogP contribution in [0.3, 0.4) is 0 Å². The Kier molecular flexibility index (Phi) is 3.09. The Morgan fingerprint density at radius 3 is 2.79 bits per heavy atom. The number of nitrogen functional groups attached to an aromatic ring is 1. The van der Waals surface area contributed by atoms with E-state index in [-0.39, 0.29) is 6.42 Å². The third-order valence-corrected chi connectivity index (χ3v) is 2.15. The molecule has 1 unspecified atom stereocenters. The van der Waals surface area contributed by atoms with Crippen molar-refractivity contribution in [2.45, 2.75) is 19.4 Å². The molecule has 0 aliphatic rings. The Morgan fingerprint density at radius 1 is 1.57 bits per heavy atom. The van der Waals surface area contributed by atoms with Gasteiger partial charge in [-0.3, -0.25) is 4.79 Å². The lowest BCUT2D eigenvalue weighted by Crippen LogP contribution is -2.16. The maximum Gasteiger partial charge on any atom is 0.305 e. The van der Waals surface area contributed by atoms with Crippen LogP contribution in [0, 0.1) is 6.92 Å². The van der Waals surface area contributed by atoms with E-state index in [4.69, 9.17) is 16.6 Å². The fraction of sp³-hybridized carbons (Fsp3) is 0.300. The lowest BCUT2D eigenvalue weighted by molar-refractivity contribution is -0.137. The summed E-state index contributed by atoms with van der Waals surface area (Å²) in [5, 5.41) is 8.58. The van der Waals surface area contributed by atoms with Crippen molar-refractivity contribution in [3.8, 4) is 0 Å². The van der Waals surface area contributed by atoms with E-state index < -0.39 is 12.0 Å². The van der Waals surface area contributed by atoms with Crippen molar-refractivity contribution < 1.29 is 9.90 Å². The molecule has 1 rings (SSSR count). The molecule has 0 bridgehead atoms. The predicted molar refractivity (Wildman–Crippen MR) is 54.8 cm³/mol. The predicted octanol–water partition coefficient (Wildman–Crippen LogP) is 1.05. The summed E-state index contributed by atoms with van der Waals surface area (Å²) in [6.45, 7) is 1.87. The number of aliphatic carboxylic acids is 1. The van der Waals surface area contributed by atoms with Gasteiger partial charge in [-0.05, 0) is 18.1 Å². The van der Waals surface area contributed by atoms with E-state index in [9.17, 15) is 4.79 Å². The highest BCUT2D eigenvalue weighted by atomic mass is 16.4. The molecular weight excluding hydrogens is 180 g/mol. The number of carboxylic acids is 1. The zero-order valence-corrected chi connectivity index (χ0v) is 8.03. The molecule has 14 heavy (non-hydrogen) atoms. The summed E-state index contributed by atoms with van der Waals surface area (Å²) in [6.07, 6.45) is -0.104. The van der Waals surface area contributed by atoms with E-state index in [1.807, 2.05) is 19.1 Å². The number of rotatable bonds is 3. The zero-order chi connectivity index (χ0) is 10.7. The molecule has 0 fully saturated rings. The number of carbonyl (C=O) groups is 1. The summed E-state index contributed by atoms with van der Waals surface area (Å²) in [7, 11) is 0. The molecule has 0 aliphatic heterocycles. The van der Waals surface area contributed by atoms with Crippen molar-refractivity contribution in [3.05, 3.63) is 29.3 Å². The maximum absolute atomic E-state index is 10.5. The number of para-hydroxylation sites is 1. The minimum absolute atomic E-state index is 0.104. The Bertz CT molecular complexity index is 350. The van der Waals surface area contributed by atoms with Crippen LogP contribution in [0.2, 0.25) is 0 Å². The van der Waals surface area contributed by atoms with Crippen LogP contribution in [-0.4, -0.2) is 11.1 Å². The van der Waals surface area contributed by atoms with Gasteiger partial charge in [0.15, 0.2) is 0 Å². The lowest BCUT2D eigenvalue weighted by Gasteiger charge is -2.13. The quantitative estimate of drug-likeness (QED) is 0.627. The second-order valence-corrected chi connectivity index (χ2v) is 3.28.